The molecule has 7 nitrogen and oxygen atoms in total. The molecule has 2 aromatic rings. The quantitative estimate of drug-likeness (QED) is 0.369. The minimum absolute atomic E-state index is 0.233. The molecule has 2 rings (SSSR count). The lowest BCUT2D eigenvalue weighted by Crippen LogP contribution is -2.19. The summed E-state index contributed by atoms with van der Waals surface area (Å²) in [6, 6.07) is 11.0. The van der Waals surface area contributed by atoms with Crippen LogP contribution < -0.4 is 20.1 Å². The Labute approximate surface area is 186 Å². The molecule has 0 unspecified atom stereocenters. The molecule has 0 aliphatic carbocycles. The van der Waals surface area contributed by atoms with Crippen molar-refractivity contribution in [2.75, 3.05) is 40.6 Å². The minimum atomic E-state index is -3.64. The molecule has 31 heavy (non-hydrogen) atoms. The van der Waals surface area contributed by atoms with Crippen LogP contribution in [0.15, 0.2) is 36.4 Å². The fraction of sp³-hybridized carbons (Fsp3) is 0.455. The van der Waals surface area contributed by atoms with E-state index in [-0.39, 0.29) is 13.2 Å². The molecular weight excluding hydrogens is 438 g/mol. The van der Waals surface area contributed by atoms with Gasteiger partial charge in [-0.1, -0.05) is 12.1 Å². The van der Waals surface area contributed by atoms with Crippen molar-refractivity contribution in [2.24, 2.45) is 0 Å². The summed E-state index contributed by atoms with van der Waals surface area (Å²) in [4.78, 5) is 0. The van der Waals surface area contributed by atoms with Crippen LogP contribution in [0.4, 0.5) is 0 Å². The smallest absolute Gasteiger partial charge is 0.362 e. The molecule has 2 aromatic carbocycles. The molecule has 0 N–H and O–H groups in total. The first-order chi connectivity index (χ1) is 15.0. The average molecular weight is 470 g/mol. The predicted molar refractivity (Wildman–Crippen MR) is 125 cm³/mol. The average Bonchev–Trinajstić information content (AvgIpc) is 2.78. The van der Waals surface area contributed by atoms with Gasteiger partial charge in [-0.2, -0.15) is 0 Å². The van der Waals surface area contributed by atoms with Gasteiger partial charge in [0.15, 0.2) is 0 Å². The highest BCUT2D eigenvalue weighted by Crippen LogP contribution is 2.53. The lowest BCUT2D eigenvalue weighted by molar-refractivity contribution is 0.230. The molecule has 0 amide bonds. The fourth-order valence-corrected chi connectivity index (χ4v) is 6.42. The zero-order valence-corrected chi connectivity index (χ0v) is 20.8. The Hall–Kier alpha value is -1.46. The summed E-state index contributed by atoms with van der Waals surface area (Å²) in [6.45, 7) is 8.83. The van der Waals surface area contributed by atoms with E-state index in [1.165, 1.54) is 0 Å². The normalized spacial score (nSPS) is 11.7. The monoisotopic (exact) mass is 470 g/mol. The molecule has 0 saturated carbocycles. The van der Waals surface area contributed by atoms with Crippen molar-refractivity contribution < 1.29 is 32.1 Å². The van der Waals surface area contributed by atoms with E-state index in [9.17, 15) is 4.57 Å². The molecule has 0 atom stereocenters. The Balaban J connectivity index is 2.91. The first-order valence-electron chi connectivity index (χ1n) is 10.3. The number of benzene rings is 2. The molecule has 9 heteroatoms. The van der Waals surface area contributed by atoms with Gasteiger partial charge in [0.1, 0.15) is 11.5 Å². The molecule has 0 aliphatic heterocycles. The van der Waals surface area contributed by atoms with Crippen molar-refractivity contribution in [3.8, 4) is 22.6 Å². The van der Waals surface area contributed by atoms with Crippen molar-refractivity contribution >= 4 is 26.6 Å². The lowest BCUT2D eigenvalue weighted by atomic mass is 10.0. The lowest BCUT2D eigenvalue weighted by Gasteiger charge is -2.25. The highest BCUT2D eigenvalue weighted by Gasteiger charge is 2.35. The molecule has 0 heterocycles. The topological polar surface area (TPSA) is 72.5 Å². The largest absolute Gasteiger partial charge is 0.496 e. The maximum absolute atomic E-state index is 13.8. The number of hydrogen-bond donors (Lipinski definition) is 0. The van der Waals surface area contributed by atoms with Crippen molar-refractivity contribution in [3.05, 3.63) is 36.4 Å². The van der Waals surface area contributed by atoms with Crippen LogP contribution in [-0.4, -0.2) is 40.6 Å². The summed E-state index contributed by atoms with van der Waals surface area (Å²) in [5.74, 6) is 1.10. The van der Waals surface area contributed by atoms with Crippen LogP contribution in [0, 0.1) is 0 Å². The zero-order chi connectivity index (χ0) is 22.9. The van der Waals surface area contributed by atoms with Gasteiger partial charge in [0, 0.05) is 16.4 Å². The van der Waals surface area contributed by atoms with Crippen LogP contribution in [-0.2, 0) is 22.7 Å². The Morgan fingerprint density at radius 2 is 1.26 bits per heavy atom. The summed E-state index contributed by atoms with van der Waals surface area (Å²) in [5.41, 5.74) is 1.26. The summed E-state index contributed by atoms with van der Waals surface area (Å²) in [5, 5.41) is 1.20. The van der Waals surface area contributed by atoms with Crippen molar-refractivity contribution in [1.82, 2.24) is 0 Å². The van der Waals surface area contributed by atoms with E-state index in [1.807, 2.05) is 32.0 Å². The van der Waals surface area contributed by atoms with Gasteiger partial charge in [0.2, 0.25) is 8.38 Å². The van der Waals surface area contributed by atoms with E-state index in [0.29, 0.717) is 41.1 Å². The minimum Gasteiger partial charge on any atom is -0.496 e. The molecule has 172 valence electrons. The van der Waals surface area contributed by atoms with Gasteiger partial charge in [-0.05, 0) is 52.0 Å². The van der Waals surface area contributed by atoms with Crippen LogP contribution in [0.3, 0.4) is 0 Å². The van der Waals surface area contributed by atoms with E-state index in [0.717, 1.165) is 5.30 Å². The van der Waals surface area contributed by atoms with Gasteiger partial charge in [-0.15, -0.1) is 0 Å². The second-order valence-electron chi connectivity index (χ2n) is 6.13. The first-order valence-corrected chi connectivity index (χ1v) is 13.0. The third-order valence-electron chi connectivity index (χ3n) is 4.28. The Bertz CT molecular complexity index is 872. The van der Waals surface area contributed by atoms with Crippen LogP contribution >= 0.6 is 16.0 Å². The number of hydrogen-bond acceptors (Lipinski definition) is 7. The van der Waals surface area contributed by atoms with Crippen LogP contribution in [0.2, 0.25) is 0 Å². The third kappa shape index (κ3) is 5.87. The Morgan fingerprint density at radius 1 is 0.742 bits per heavy atom. The van der Waals surface area contributed by atoms with Crippen molar-refractivity contribution in [1.29, 1.82) is 0 Å². The molecule has 0 bridgehead atoms. The molecule has 0 aliphatic rings. The van der Waals surface area contributed by atoms with Crippen molar-refractivity contribution in [3.63, 3.8) is 0 Å². The molecule has 0 saturated heterocycles. The summed E-state index contributed by atoms with van der Waals surface area (Å²) in [7, 11) is -1.89. The van der Waals surface area contributed by atoms with E-state index in [4.69, 9.17) is 27.6 Å². The maximum Gasteiger partial charge on any atom is 0.362 e. The SMILES string of the molecule is CCOP(OCC)c1cccc(OC)c1-c1c(OC)cccc1P(=O)(OCC)OCC. The fourth-order valence-electron chi connectivity index (χ4n) is 3.19. The van der Waals surface area contributed by atoms with E-state index >= 15 is 0 Å². The van der Waals surface area contributed by atoms with Gasteiger partial charge in [-0.3, -0.25) is 4.57 Å². The molecule has 0 fully saturated rings. The van der Waals surface area contributed by atoms with Crippen molar-refractivity contribution in [2.45, 2.75) is 27.7 Å². The summed E-state index contributed by atoms with van der Waals surface area (Å²) < 4.78 is 48.4. The zero-order valence-electron chi connectivity index (χ0n) is 19.0. The maximum atomic E-state index is 13.8. The standard InChI is InChI=1S/C22H32O7P2/c1-7-26-30(27-8-2)19-15-11-13-17(24-5)21(19)22-18(25-6)14-12-16-20(22)31(23,28-9-3)29-10-4/h11-16H,7-10H2,1-6H3. The molecule has 0 radical (unpaired) electrons. The third-order valence-corrected chi connectivity index (χ3v) is 8.19. The summed E-state index contributed by atoms with van der Waals surface area (Å²) in [6.07, 6.45) is 0. The van der Waals surface area contributed by atoms with Gasteiger partial charge in [0.05, 0.1) is 46.0 Å². The van der Waals surface area contributed by atoms with Gasteiger partial charge < -0.3 is 27.6 Å². The molecule has 0 spiro atoms. The number of ether oxygens (including phenoxy) is 2. The second kappa shape index (κ2) is 12.5. The van der Waals surface area contributed by atoms with Gasteiger partial charge in [0.25, 0.3) is 0 Å². The first kappa shape index (κ1) is 25.8. The van der Waals surface area contributed by atoms with E-state index < -0.39 is 16.0 Å². The van der Waals surface area contributed by atoms with Gasteiger partial charge in [-0.25, -0.2) is 0 Å². The summed E-state index contributed by atoms with van der Waals surface area (Å²) >= 11 is 0. The van der Waals surface area contributed by atoms with E-state index in [2.05, 4.69) is 0 Å². The Morgan fingerprint density at radius 3 is 1.74 bits per heavy atom. The highest BCUT2D eigenvalue weighted by atomic mass is 31.2. The molecule has 0 aromatic heterocycles. The van der Waals surface area contributed by atoms with Gasteiger partial charge >= 0.3 is 7.60 Å². The molecular formula is C22H32O7P2. The predicted octanol–water partition coefficient (Wildman–Crippen LogP) is 5.27. The van der Waals surface area contributed by atoms with Crippen LogP contribution in [0.25, 0.3) is 11.1 Å². The van der Waals surface area contributed by atoms with Crippen LogP contribution in [0.5, 0.6) is 11.5 Å². The second-order valence-corrected chi connectivity index (χ2v) is 9.64. The number of rotatable bonds is 13. The Kier molecular flexibility index (Phi) is 10.4. The number of methoxy groups -OCH3 is 2. The van der Waals surface area contributed by atoms with E-state index in [1.54, 1.807) is 46.3 Å². The van der Waals surface area contributed by atoms with Crippen LogP contribution in [0.1, 0.15) is 27.7 Å². The highest BCUT2D eigenvalue weighted by molar-refractivity contribution is 7.62.